The summed E-state index contributed by atoms with van der Waals surface area (Å²) in [6.45, 7) is 0.480. The molecule has 0 aliphatic heterocycles. The Hall–Kier alpha value is -3.54. The lowest BCUT2D eigenvalue weighted by Gasteiger charge is -2.39. The summed E-state index contributed by atoms with van der Waals surface area (Å²) < 4.78 is 5.98. The van der Waals surface area contributed by atoms with Gasteiger partial charge in [0.25, 0.3) is 0 Å². The molecule has 2 aromatic carbocycles. The van der Waals surface area contributed by atoms with Crippen LogP contribution in [0.3, 0.4) is 0 Å². The molecule has 6 heteroatoms. The zero-order valence-corrected chi connectivity index (χ0v) is 17.8. The smallest absolute Gasteiger partial charge is 0.204 e. The van der Waals surface area contributed by atoms with Crippen LogP contribution in [0.2, 0.25) is 0 Å². The fourth-order valence-electron chi connectivity index (χ4n) is 5.89. The molecule has 0 spiro atoms. The van der Waals surface area contributed by atoms with Gasteiger partial charge in [0.1, 0.15) is 12.4 Å². The first-order valence-electron chi connectivity index (χ1n) is 11.3. The number of aromatic amines is 1. The molecule has 2 aliphatic rings. The highest BCUT2D eigenvalue weighted by atomic mass is 16.5. The highest BCUT2D eigenvalue weighted by molar-refractivity contribution is 5.56. The van der Waals surface area contributed by atoms with Crippen molar-refractivity contribution in [3.05, 3.63) is 89.7 Å². The number of benzene rings is 2. The molecule has 0 saturated heterocycles. The zero-order valence-electron chi connectivity index (χ0n) is 17.8. The molecule has 6 rings (SSSR count). The maximum Gasteiger partial charge on any atom is 0.204 e. The van der Waals surface area contributed by atoms with E-state index >= 15 is 0 Å². The Labute approximate surface area is 187 Å². The Morgan fingerprint density at radius 1 is 0.938 bits per heavy atom. The number of tetrazole rings is 1. The summed E-state index contributed by atoms with van der Waals surface area (Å²) in [5.74, 6) is 3.01. The van der Waals surface area contributed by atoms with Crippen LogP contribution in [0.25, 0.3) is 11.4 Å². The average Bonchev–Trinajstić information content (AvgIpc) is 3.62. The Balaban J connectivity index is 1.29. The number of nitrogens with zero attached hydrogens (tertiary/aromatic N) is 4. The van der Waals surface area contributed by atoms with Crippen LogP contribution in [0.15, 0.2) is 72.9 Å². The number of ether oxygens (including phenoxy) is 1. The number of H-pyrrole nitrogens is 1. The molecular weight excluding hydrogens is 398 g/mol. The second kappa shape index (κ2) is 7.86. The number of aromatic nitrogens is 5. The van der Waals surface area contributed by atoms with Gasteiger partial charge in [-0.25, -0.2) is 0 Å². The molecule has 0 radical (unpaired) electrons. The van der Waals surface area contributed by atoms with Crippen LogP contribution in [0.5, 0.6) is 5.75 Å². The SMILES string of the molecule is c1ccc(COc2ccc([C@@]3(c4ccc(-c5nn[nH]n5)cc4)CC4CC[C@@H]3C4)cc2)nc1. The molecule has 1 unspecified atom stereocenters. The molecule has 4 aromatic rings. The third kappa shape index (κ3) is 3.27. The van der Waals surface area contributed by atoms with Gasteiger partial charge in [-0.05, 0) is 71.7 Å². The van der Waals surface area contributed by atoms with Gasteiger partial charge in [0.15, 0.2) is 0 Å². The summed E-state index contributed by atoms with van der Waals surface area (Å²) in [5.41, 5.74) is 4.77. The van der Waals surface area contributed by atoms with E-state index in [1.54, 1.807) is 6.20 Å². The van der Waals surface area contributed by atoms with Gasteiger partial charge in [0.2, 0.25) is 5.82 Å². The Morgan fingerprint density at radius 3 is 2.38 bits per heavy atom. The van der Waals surface area contributed by atoms with E-state index in [2.05, 4.69) is 74.1 Å². The average molecular weight is 424 g/mol. The molecule has 2 aliphatic carbocycles. The molecule has 3 atom stereocenters. The minimum Gasteiger partial charge on any atom is -0.487 e. The highest BCUT2D eigenvalue weighted by Gasteiger charge is 2.52. The Kier molecular flexibility index (Phi) is 4.71. The molecule has 1 N–H and O–H groups in total. The van der Waals surface area contributed by atoms with Crippen molar-refractivity contribution in [1.82, 2.24) is 25.6 Å². The maximum absolute atomic E-state index is 5.98. The molecule has 2 saturated carbocycles. The van der Waals surface area contributed by atoms with Crippen LogP contribution in [0.4, 0.5) is 0 Å². The predicted molar refractivity (Wildman–Crippen MR) is 121 cm³/mol. The van der Waals surface area contributed by atoms with E-state index in [0.29, 0.717) is 18.3 Å². The summed E-state index contributed by atoms with van der Waals surface area (Å²) in [4.78, 5) is 4.34. The number of pyridine rings is 1. The number of hydrogen-bond acceptors (Lipinski definition) is 5. The van der Waals surface area contributed by atoms with E-state index in [4.69, 9.17) is 4.74 Å². The summed E-state index contributed by atoms with van der Waals surface area (Å²) >= 11 is 0. The summed E-state index contributed by atoms with van der Waals surface area (Å²) in [6.07, 6.45) is 7.00. The fourth-order valence-corrected chi connectivity index (χ4v) is 5.89. The zero-order chi connectivity index (χ0) is 21.4. The van der Waals surface area contributed by atoms with Gasteiger partial charge in [0, 0.05) is 17.2 Å². The van der Waals surface area contributed by atoms with Crippen LogP contribution >= 0.6 is 0 Å². The third-order valence-electron chi connectivity index (χ3n) is 7.33. The number of fused-ring (bicyclic) bond motifs is 2. The normalized spacial score (nSPS) is 24.0. The molecular formula is C26H25N5O. The molecule has 2 fully saturated rings. The third-order valence-corrected chi connectivity index (χ3v) is 7.33. The number of nitrogens with one attached hydrogen (secondary N) is 1. The molecule has 32 heavy (non-hydrogen) atoms. The van der Waals surface area contributed by atoms with Crippen LogP contribution in [-0.4, -0.2) is 25.6 Å². The van der Waals surface area contributed by atoms with Crippen LogP contribution < -0.4 is 4.74 Å². The van der Waals surface area contributed by atoms with E-state index in [9.17, 15) is 0 Å². The van der Waals surface area contributed by atoms with Crippen molar-refractivity contribution in [2.45, 2.75) is 37.7 Å². The molecule has 2 bridgehead atoms. The topological polar surface area (TPSA) is 76.6 Å². The summed E-state index contributed by atoms with van der Waals surface area (Å²) in [7, 11) is 0. The van der Waals surface area contributed by atoms with Crippen molar-refractivity contribution in [2.75, 3.05) is 0 Å². The van der Waals surface area contributed by atoms with Crippen molar-refractivity contribution >= 4 is 0 Å². The van der Waals surface area contributed by atoms with Gasteiger partial charge in [-0.1, -0.05) is 48.9 Å². The van der Waals surface area contributed by atoms with E-state index in [-0.39, 0.29) is 5.41 Å². The van der Waals surface area contributed by atoms with Crippen molar-refractivity contribution in [3.8, 4) is 17.1 Å². The van der Waals surface area contributed by atoms with Gasteiger partial charge in [-0.2, -0.15) is 5.21 Å². The maximum atomic E-state index is 5.98. The van der Waals surface area contributed by atoms with Crippen molar-refractivity contribution in [1.29, 1.82) is 0 Å². The van der Waals surface area contributed by atoms with E-state index in [0.717, 1.165) is 22.9 Å². The minimum absolute atomic E-state index is 0.0677. The largest absolute Gasteiger partial charge is 0.487 e. The van der Waals surface area contributed by atoms with Crippen LogP contribution in [-0.2, 0) is 12.0 Å². The predicted octanol–water partition coefficient (Wildman–Crippen LogP) is 4.95. The number of hydrogen-bond donors (Lipinski definition) is 1. The van der Waals surface area contributed by atoms with Gasteiger partial charge in [-0.15, -0.1) is 10.2 Å². The molecule has 2 heterocycles. The van der Waals surface area contributed by atoms with Crippen molar-refractivity contribution in [3.63, 3.8) is 0 Å². The van der Waals surface area contributed by atoms with E-state index in [1.807, 2.05) is 18.2 Å². The second-order valence-corrected chi connectivity index (χ2v) is 9.00. The van der Waals surface area contributed by atoms with Crippen LogP contribution in [0, 0.1) is 11.8 Å². The minimum atomic E-state index is 0.0677. The van der Waals surface area contributed by atoms with Crippen LogP contribution in [0.1, 0.15) is 42.5 Å². The summed E-state index contributed by atoms with van der Waals surface area (Å²) in [6, 6.07) is 23.4. The highest BCUT2D eigenvalue weighted by Crippen LogP contribution is 2.60. The van der Waals surface area contributed by atoms with Gasteiger partial charge in [0.05, 0.1) is 5.69 Å². The van der Waals surface area contributed by atoms with Gasteiger partial charge >= 0.3 is 0 Å². The second-order valence-electron chi connectivity index (χ2n) is 9.00. The molecule has 160 valence electrons. The first-order chi connectivity index (χ1) is 15.8. The fraction of sp³-hybridized carbons (Fsp3) is 0.308. The first-order valence-corrected chi connectivity index (χ1v) is 11.3. The first kappa shape index (κ1) is 19.2. The molecule has 0 amide bonds. The van der Waals surface area contributed by atoms with Gasteiger partial charge < -0.3 is 4.74 Å². The quantitative estimate of drug-likeness (QED) is 0.475. The van der Waals surface area contributed by atoms with Crippen molar-refractivity contribution in [2.24, 2.45) is 11.8 Å². The standard InChI is InChI=1S/C26H25N5O/c1-2-14-27-23(3-1)17-32-24-12-10-21(11-13-24)26(16-18-4-7-22(26)15-18)20-8-5-19(6-9-20)25-28-30-31-29-25/h1-3,5-6,8-14,18,22H,4,7,15-17H2,(H,28,29,30,31)/t18?,22-,26+/m1/s1. The van der Waals surface area contributed by atoms with E-state index in [1.165, 1.54) is 36.8 Å². The lowest BCUT2D eigenvalue weighted by Crippen LogP contribution is -2.34. The Bertz CT molecular complexity index is 1180. The summed E-state index contributed by atoms with van der Waals surface area (Å²) in [5, 5.41) is 14.4. The van der Waals surface area contributed by atoms with E-state index < -0.39 is 0 Å². The Morgan fingerprint density at radius 2 is 1.75 bits per heavy atom. The van der Waals surface area contributed by atoms with Gasteiger partial charge in [-0.3, -0.25) is 4.98 Å². The lowest BCUT2D eigenvalue weighted by atomic mass is 9.64. The molecule has 2 aromatic heterocycles. The molecule has 6 nitrogen and oxygen atoms in total. The van der Waals surface area contributed by atoms with Crippen molar-refractivity contribution < 1.29 is 4.74 Å². The lowest BCUT2D eigenvalue weighted by molar-refractivity contribution is 0.299. The monoisotopic (exact) mass is 423 g/mol. The number of rotatable bonds is 6.